The third kappa shape index (κ3) is 8.97. The largest absolute Gasteiger partial charge is 0.346 e. The smallest absolute Gasteiger partial charge is 0.189 e. The Labute approximate surface area is 90.3 Å². The molecule has 0 aromatic heterocycles. The fourth-order valence-corrected chi connectivity index (χ4v) is 2.18. The van der Waals surface area contributed by atoms with Gasteiger partial charge in [-0.05, 0) is 12.3 Å². The van der Waals surface area contributed by atoms with Gasteiger partial charge >= 0.3 is 0 Å². The molecular weight excluding hydrogens is 255 g/mol. The Hall–Kier alpha value is 0.878. The molecule has 2 atom stereocenters. The Kier molecular flexibility index (Phi) is 12.7. The Morgan fingerprint density at radius 3 is 2.33 bits per heavy atom. The molecule has 0 amide bonds. The molecule has 0 aromatic rings. The molecule has 0 aliphatic rings. The van der Waals surface area contributed by atoms with E-state index in [9.17, 15) is 4.57 Å². The van der Waals surface area contributed by atoms with E-state index >= 15 is 0 Å². The first kappa shape index (κ1) is 15.4. The van der Waals surface area contributed by atoms with Crippen LogP contribution >= 0.6 is 8.03 Å². The minimum Gasteiger partial charge on any atom is -0.346 e. The number of hydrogen-bond acceptors (Lipinski definition) is 1. The van der Waals surface area contributed by atoms with E-state index in [0.717, 1.165) is 12.8 Å². The molecule has 0 heterocycles. The van der Waals surface area contributed by atoms with E-state index in [4.69, 9.17) is 4.89 Å². The van der Waals surface area contributed by atoms with E-state index in [1.807, 2.05) is 0 Å². The van der Waals surface area contributed by atoms with Gasteiger partial charge in [0.05, 0.1) is 0 Å². The molecule has 0 rings (SSSR count). The van der Waals surface area contributed by atoms with Crippen LogP contribution in [0.25, 0.3) is 0 Å². The van der Waals surface area contributed by atoms with Crippen LogP contribution in [0.5, 0.6) is 0 Å². The predicted molar refractivity (Wildman–Crippen MR) is 49.4 cm³/mol. The normalized spacial score (nSPS) is 14.9. The van der Waals surface area contributed by atoms with Crippen molar-refractivity contribution >= 4 is 8.03 Å². The maximum absolute atomic E-state index is 10.5. The molecule has 0 spiro atoms. The minimum absolute atomic E-state index is 0. The third-order valence-electron chi connectivity index (χ3n) is 2.01. The second kappa shape index (κ2) is 9.96. The quantitative estimate of drug-likeness (QED) is 0.597. The van der Waals surface area contributed by atoms with Gasteiger partial charge < -0.3 is 4.89 Å². The molecule has 2 unspecified atom stereocenters. The zero-order valence-electron chi connectivity index (χ0n) is 7.88. The average Bonchev–Trinajstić information content (AvgIpc) is 1.97. The summed E-state index contributed by atoms with van der Waals surface area (Å²) in [5.41, 5.74) is 0. The second-order valence-electron chi connectivity index (χ2n) is 3.01. The van der Waals surface area contributed by atoms with Gasteiger partial charge in [0.15, 0.2) is 8.03 Å². The van der Waals surface area contributed by atoms with Crippen molar-refractivity contribution in [3.05, 3.63) is 0 Å². The van der Waals surface area contributed by atoms with Gasteiger partial charge in [-0.3, -0.25) is 4.57 Å². The number of hydrogen-bond donors (Lipinski definition) is 1. The fraction of sp³-hybridized carbons (Fsp3) is 1.00. The summed E-state index contributed by atoms with van der Waals surface area (Å²) in [6.07, 6.45) is 5.05. The van der Waals surface area contributed by atoms with Crippen molar-refractivity contribution in [3.63, 3.8) is 0 Å². The van der Waals surface area contributed by atoms with Crippen molar-refractivity contribution in [1.82, 2.24) is 0 Å². The molecule has 0 fully saturated rings. The van der Waals surface area contributed by atoms with Crippen LogP contribution in [0.2, 0.25) is 0 Å². The molecule has 4 heteroatoms. The topological polar surface area (TPSA) is 37.3 Å². The summed E-state index contributed by atoms with van der Waals surface area (Å²) >= 11 is 0. The summed E-state index contributed by atoms with van der Waals surface area (Å²) < 4.78 is 10.5. The summed E-state index contributed by atoms with van der Waals surface area (Å²) in [6, 6.07) is 0. The van der Waals surface area contributed by atoms with Gasteiger partial charge in [-0.2, -0.15) is 0 Å². The van der Waals surface area contributed by atoms with Gasteiger partial charge in [-0.25, -0.2) is 0 Å². The minimum atomic E-state index is -2.23. The van der Waals surface area contributed by atoms with Gasteiger partial charge in [0, 0.05) is 27.2 Å². The van der Waals surface area contributed by atoms with E-state index in [2.05, 4.69) is 13.8 Å². The van der Waals surface area contributed by atoms with E-state index in [1.54, 1.807) is 0 Å². The zero-order chi connectivity index (χ0) is 8.69. The fourth-order valence-electron chi connectivity index (χ4n) is 1.19. The van der Waals surface area contributed by atoms with E-state index in [0.29, 0.717) is 12.1 Å². The summed E-state index contributed by atoms with van der Waals surface area (Å²) in [5, 5.41) is 0. The molecule has 0 bridgehead atoms. The van der Waals surface area contributed by atoms with Gasteiger partial charge in [0.25, 0.3) is 0 Å². The van der Waals surface area contributed by atoms with Crippen LogP contribution in [0.4, 0.5) is 0 Å². The number of unbranched alkanes of at least 4 members (excludes halogenated alkanes) is 1. The molecule has 1 N–H and O–H groups in total. The summed E-state index contributed by atoms with van der Waals surface area (Å²) in [4.78, 5) is 8.70. The predicted octanol–water partition coefficient (Wildman–Crippen LogP) is 2.67. The first-order valence-corrected chi connectivity index (χ1v) is 5.98. The van der Waals surface area contributed by atoms with Crippen LogP contribution in [-0.4, -0.2) is 11.1 Å². The molecule has 12 heavy (non-hydrogen) atoms. The molecule has 74 valence electrons. The van der Waals surface area contributed by atoms with Crippen LogP contribution in [0.15, 0.2) is 0 Å². The molecule has 0 radical (unpaired) electrons. The molecule has 0 aliphatic carbocycles. The van der Waals surface area contributed by atoms with Crippen molar-refractivity contribution in [3.8, 4) is 0 Å². The summed E-state index contributed by atoms with van der Waals surface area (Å²) in [5.74, 6) is 0.478. The maximum atomic E-state index is 10.5. The molecule has 2 nitrogen and oxygen atoms in total. The molecule has 0 aliphatic heterocycles. The van der Waals surface area contributed by atoms with Crippen LogP contribution in [0.1, 0.15) is 39.5 Å². The monoisotopic (exact) mass is 276 g/mol. The maximum Gasteiger partial charge on any atom is 0.189 e. The molecular formula is C8H19MoO2P. The SMILES string of the molecule is CCCCC(CC)C[PH](=O)O.[Mo]. The van der Waals surface area contributed by atoms with Crippen molar-refractivity contribution in [2.75, 3.05) is 6.16 Å². The molecule has 0 saturated heterocycles. The van der Waals surface area contributed by atoms with Gasteiger partial charge in [0.2, 0.25) is 0 Å². The Morgan fingerprint density at radius 2 is 2.00 bits per heavy atom. The first-order valence-electron chi connectivity index (χ1n) is 4.42. The molecule has 0 aromatic carbocycles. The van der Waals surface area contributed by atoms with Crippen molar-refractivity contribution in [2.24, 2.45) is 5.92 Å². The van der Waals surface area contributed by atoms with Gasteiger partial charge in [0.1, 0.15) is 0 Å². The molecule has 0 saturated carbocycles. The van der Waals surface area contributed by atoms with Crippen molar-refractivity contribution in [1.29, 1.82) is 0 Å². The van der Waals surface area contributed by atoms with Gasteiger partial charge in [-0.1, -0.05) is 33.1 Å². The van der Waals surface area contributed by atoms with Crippen molar-refractivity contribution < 1.29 is 30.5 Å². The number of rotatable bonds is 6. The van der Waals surface area contributed by atoms with Crippen LogP contribution < -0.4 is 0 Å². The van der Waals surface area contributed by atoms with Crippen molar-refractivity contribution in [2.45, 2.75) is 39.5 Å². The van der Waals surface area contributed by atoms with Crippen LogP contribution in [0.3, 0.4) is 0 Å². The summed E-state index contributed by atoms with van der Waals surface area (Å²) in [6.45, 7) is 4.24. The summed E-state index contributed by atoms with van der Waals surface area (Å²) in [7, 11) is -2.23. The Morgan fingerprint density at radius 1 is 1.42 bits per heavy atom. The van der Waals surface area contributed by atoms with E-state index in [-0.39, 0.29) is 21.1 Å². The standard InChI is InChI=1S/C8H19O2P.Mo/c1-3-5-6-8(4-2)7-11(9)10;/h8,11H,3-7H2,1-2H3,(H,9,10);. The zero-order valence-corrected chi connectivity index (χ0v) is 10.9. The first-order chi connectivity index (χ1) is 5.20. The Balaban J connectivity index is 0. The van der Waals surface area contributed by atoms with E-state index < -0.39 is 8.03 Å². The third-order valence-corrected chi connectivity index (χ3v) is 2.93. The van der Waals surface area contributed by atoms with Crippen LogP contribution in [0, 0.1) is 5.92 Å². The second-order valence-corrected chi connectivity index (χ2v) is 4.21. The Bertz CT molecular complexity index is 120. The van der Waals surface area contributed by atoms with E-state index in [1.165, 1.54) is 12.8 Å². The van der Waals surface area contributed by atoms with Crippen LogP contribution in [-0.2, 0) is 25.6 Å². The van der Waals surface area contributed by atoms with Gasteiger partial charge in [-0.15, -0.1) is 0 Å². The average molecular weight is 274 g/mol.